The van der Waals surface area contributed by atoms with Crippen molar-refractivity contribution in [1.29, 1.82) is 0 Å². The molecule has 31 heavy (non-hydrogen) atoms. The van der Waals surface area contributed by atoms with Crippen molar-refractivity contribution >= 4 is 11.9 Å². The number of pyridine rings is 2. The number of guanidine groups is 1. The van der Waals surface area contributed by atoms with Gasteiger partial charge in [-0.25, -0.2) is 9.38 Å². The number of likely N-dealkylation sites (N-methyl/N-ethyl adjacent to an activating group) is 1. The van der Waals surface area contributed by atoms with E-state index in [1.807, 2.05) is 0 Å². The number of hydrogen-bond acceptors (Lipinski definition) is 5. The smallest absolute Gasteiger partial charge is 0.369 e. The largest absolute Gasteiger partial charge is 0.417 e. The fraction of sp³-hybridized carbons (Fsp3) is 0.143. The summed E-state index contributed by atoms with van der Waals surface area (Å²) in [5.41, 5.74) is 3.19. The fourth-order valence-corrected chi connectivity index (χ4v) is 3.45. The topological polar surface area (TPSA) is 84.5 Å². The van der Waals surface area contributed by atoms with Crippen LogP contribution in [-0.4, -0.2) is 33.8 Å². The van der Waals surface area contributed by atoms with Crippen molar-refractivity contribution in [3.8, 4) is 11.3 Å². The number of nitrogens with zero attached hydrogens (tertiary/aromatic N) is 4. The number of carbonyl (C=O) groups is 1. The van der Waals surface area contributed by atoms with Crippen LogP contribution in [0.1, 0.15) is 16.7 Å². The first-order valence-electron chi connectivity index (χ1n) is 9.02. The molecule has 0 fully saturated rings. The summed E-state index contributed by atoms with van der Waals surface area (Å²) in [5, 5.41) is 0. The Morgan fingerprint density at radius 3 is 2.45 bits per heavy atom. The molecule has 0 radical (unpaired) electrons. The van der Waals surface area contributed by atoms with E-state index in [-0.39, 0.29) is 28.3 Å². The zero-order chi connectivity index (χ0) is 22.4. The number of alkyl halides is 3. The number of rotatable bonds is 3. The normalized spacial score (nSPS) is 18.9. The number of nitrogens with two attached hydrogens (primary N) is 1. The Hall–Kier alpha value is -3.82. The van der Waals surface area contributed by atoms with E-state index in [9.17, 15) is 22.4 Å². The number of benzene rings is 1. The fourth-order valence-electron chi connectivity index (χ4n) is 3.45. The van der Waals surface area contributed by atoms with Gasteiger partial charge in [0.2, 0.25) is 0 Å². The molecule has 2 N–H and O–H groups in total. The molecule has 1 aromatic carbocycles. The monoisotopic (exact) mass is 429 g/mol. The highest BCUT2D eigenvalue weighted by atomic mass is 19.4. The van der Waals surface area contributed by atoms with Crippen LogP contribution in [0.4, 0.5) is 17.6 Å². The summed E-state index contributed by atoms with van der Waals surface area (Å²) >= 11 is 0. The quantitative estimate of drug-likeness (QED) is 0.648. The zero-order valence-corrected chi connectivity index (χ0v) is 16.1. The van der Waals surface area contributed by atoms with E-state index in [0.717, 1.165) is 23.2 Å². The molecule has 0 aliphatic carbocycles. The van der Waals surface area contributed by atoms with Gasteiger partial charge >= 0.3 is 6.18 Å². The summed E-state index contributed by atoms with van der Waals surface area (Å²) in [4.78, 5) is 26.3. The standard InChI is InChI=1S/C21H15F4N5O/c1-30-18(31)20(29-19(30)26,13-8-14(11-27-10-13)21(23,24)25)12-5-6-16(22)15(9-12)17-4-2-3-7-28-17/h2-11H,1H3,(H2,26,29). The Labute approximate surface area is 174 Å². The maximum absolute atomic E-state index is 14.6. The predicted octanol–water partition coefficient (Wildman–Crippen LogP) is 3.33. The molecule has 1 aliphatic rings. The van der Waals surface area contributed by atoms with E-state index >= 15 is 0 Å². The minimum absolute atomic E-state index is 0.0635. The highest BCUT2D eigenvalue weighted by molar-refractivity contribution is 6.09. The Morgan fingerprint density at radius 1 is 1.06 bits per heavy atom. The molecule has 3 heterocycles. The number of carbonyl (C=O) groups excluding carboxylic acids is 1. The van der Waals surface area contributed by atoms with E-state index in [4.69, 9.17) is 5.73 Å². The predicted molar refractivity (Wildman–Crippen MR) is 104 cm³/mol. The van der Waals surface area contributed by atoms with Crippen molar-refractivity contribution in [3.63, 3.8) is 0 Å². The van der Waals surface area contributed by atoms with Crippen molar-refractivity contribution in [1.82, 2.24) is 14.9 Å². The van der Waals surface area contributed by atoms with E-state index in [0.29, 0.717) is 6.20 Å². The molecule has 2 aromatic heterocycles. The second kappa shape index (κ2) is 7.15. The van der Waals surface area contributed by atoms with Crippen molar-refractivity contribution in [2.24, 2.45) is 10.7 Å². The lowest BCUT2D eigenvalue weighted by molar-refractivity contribution is -0.138. The molecule has 0 bridgehead atoms. The SMILES string of the molecule is CN1C(=O)C(c2cncc(C(F)(F)F)c2)(c2ccc(F)c(-c3ccccn3)c2)N=C1N. The van der Waals surface area contributed by atoms with E-state index < -0.39 is 29.0 Å². The zero-order valence-electron chi connectivity index (χ0n) is 16.1. The van der Waals surface area contributed by atoms with Crippen LogP contribution in [-0.2, 0) is 16.5 Å². The summed E-state index contributed by atoms with van der Waals surface area (Å²) in [6.45, 7) is 0. The van der Waals surface area contributed by atoms with E-state index in [1.54, 1.807) is 18.2 Å². The van der Waals surface area contributed by atoms with Crippen molar-refractivity contribution in [2.75, 3.05) is 7.05 Å². The summed E-state index contributed by atoms with van der Waals surface area (Å²) < 4.78 is 54.5. The minimum Gasteiger partial charge on any atom is -0.369 e. The molecule has 158 valence electrons. The van der Waals surface area contributed by atoms with Crippen LogP contribution in [0.5, 0.6) is 0 Å². The first-order chi connectivity index (χ1) is 14.6. The van der Waals surface area contributed by atoms with Crippen molar-refractivity contribution in [2.45, 2.75) is 11.7 Å². The van der Waals surface area contributed by atoms with E-state index in [1.165, 1.54) is 25.4 Å². The lowest BCUT2D eigenvalue weighted by atomic mass is 9.82. The number of aliphatic imine (C=N–C) groups is 1. The first kappa shape index (κ1) is 20.5. The third-order valence-corrected chi connectivity index (χ3v) is 5.05. The minimum atomic E-state index is -4.69. The van der Waals surface area contributed by atoms with Crippen molar-refractivity contribution in [3.05, 3.63) is 83.6 Å². The molecular weight excluding hydrogens is 414 g/mol. The highest BCUT2D eigenvalue weighted by Gasteiger charge is 2.50. The molecule has 0 saturated heterocycles. The van der Waals surface area contributed by atoms with Gasteiger partial charge in [0.25, 0.3) is 5.91 Å². The van der Waals surface area contributed by atoms with Crippen LogP contribution in [0.2, 0.25) is 0 Å². The number of hydrogen-bond donors (Lipinski definition) is 1. The summed E-state index contributed by atoms with van der Waals surface area (Å²) in [6.07, 6.45) is -1.45. The Kier molecular flexibility index (Phi) is 4.72. The molecule has 3 aromatic rings. The van der Waals surface area contributed by atoms with Gasteiger partial charge < -0.3 is 5.73 Å². The molecule has 6 nitrogen and oxygen atoms in total. The van der Waals surface area contributed by atoms with Crippen molar-refractivity contribution < 1.29 is 22.4 Å². The van der Waals surface area contributed by atoms with Gasteiger partial charge in [-0.1, -0.05) is 12.1 Å². The molecule has 0 spiro atoms. The Balaban J connectivity index is 1.99. The number of amides is 1. The molecule has 1 aliphatic heterocycles. The van der Waals surface area contributed by atoms with Gasteiger partial charge in [0.1, 0.15) is 5.82 Å². The molecule has 1 atom stereocenters. The van der Waals surface area contributed by atoms with Crippen LogP contribution >= 0.6 is 0 Å². The number of aromatic nitrogens is 2. The molecule has 1 unspecified atom stereocenters. The van der Waals surface area contributed by atoms with Crippen LogP contribution in [0.25, 0.3) is 11.3 Å². The van der Waals surface area contributed by atoms with Gasteiger partial charge in [-0.3, -0.25) is 19.7 Å². The molecule has 0 saturated carbocycles. The van der Waals surface area contributed by atoms with Crippen LogP contribution in [0, 0.1) is 5.82 Å². The third-order valence-electron chi connectivity index (χ3n) is 5.05. The maximum atomic E-state index is 14.6. The Morgan fingerprint density at radius 2 is 1.84 bits per heavy atom. The molecule has 4 rings (SSSR count). The van der Waals surface area contributed by atoms with Gasteiger partial charge in [0.15, 0.2) is 11.5 Å². The third kappa shape index (κ3) is 3.29. The summed E-state index contributed by atoms with van der Waals surface area (Å²) in [7, 11) is 1.35. The highest BCUT2D eigenvalue weighted by Crippen LogP contribution is 2.42. The molecule has 10 heteroatoms. The maximum Gasteiger partial charge on any atom is 0.417 e. The van der Waals surface area contributed by atoms with Crippen LogP contribution < -0.4 is 5.73 Å². The summed E-state index contributed by atoms with van der Waals surface area (Å²) in [5.74, 6) is -1.49. The van der Waals surface area contributed by atoms with Gasteiger partial charge in [0.05, 0.1) is 11.3 Å². The Bertz CT molecular complexity index is 1200. The number of halogens is 4. The van der Waals surface area contributed by atoms with Gasteiger partial charge in [-0.15, -0.1) is 0 Å². The second-order valence-corrected chi connectivity index (χ2v) is 6.91. The van der Waals surface area contributed by atoms with Crippen LogP contribution in [0.3, 0.4) is 0 Å². The second-order valence-electron chi connectivity index (χ2n) is 6.91. The average Bonchev–Trinajstić information content (AvgIpc) is 2.99. The molecular formula is C21H15F4N5O. The van der Waals surface area contributed by atoms with Crippen LogP contribution in [0.15, 0.2) is 66.0 Å². The first-order valence-corrected chi connectivity index (χ1v) is 9.02. The lowest BCUT2D eigenvalue weighted by Gasteiger charge is -2.27. The van der Waals surface area contributed by atoms with Gasteiger partial charge in [-0.05, 0) is 35.9 Å². The van der Waals surface area contributed by atoms with E-state index in [2.05, 4.69) is 15.0 Å². The molecule has 1 amide bonds. The van der Waals surface area contributed by atoms with Gasteiger partial charge in [-0.2, -0.15) is 13.2 Å². The summed E-state index contributed by atoms with van der Waals surface area (Å²) in [6, 6.07) is 9.42. The lowest BCUT2D eigenvalue weighted by Crippen LogP contribution is -2.41. The van der Waals surface area contributed by atoms with Gasteiger partial charge in [0, 0.05) is 36.8 Å². The average molecular weight is 429 g/mol.